The number of ketones is 1. The van der Waals surface area contributed by atoms with Crippen molar-refractivity contribution in [3.05, 3.63) is 66.1 Å². The summed E-state index contributed by atoms with van der Waals surface area (Å²) in [6.45, 7) is 6.13. The summed E-state index contributed by atoms with van der Waals surface area (Å²) < 4.78 is 0. The number of nitrogens with zero attached hydrogens (tertiary/aromatic N) is 5. The Bertz CT molecular complexity index is 1540. The Morgan fingerprint density at radius 2 is 1.67 bits per heavy atom. The lowest BCUT2D eigenvalue weighted by atomic mass is 9.73. The number of hydrogen-bond donors (Lipinski definition) is 2. The maximum absolute atomic E-state index is 12.9. The van der Waals surface area contributed by atoms with E-state index in [0.29, 0.717) is 12.2 Å². The molecule has 2 saturated heterocycles. The van der Waals surface area contributed by atoms with Gasteiger partial charge in [-0.25, -0.2) is 9.97 Å². The number of pyridine rings is 2. The van der Waals surface area contributed by atoms with E-state index < -0.39 is 0 Å². The highest BCUT2D eigenvalue weighted by Crippen LogP contribution is 2.47. The molecule has 0 saturated carbocycles. The van der Waals surface area contributed by atoms with E-state index in [4.69, 9.17) is 4.98 Å². The minimum Gasteiger partial charge on any atom is -0.354 e. The molecule has 39 heavy (non-hydrogen) atoms. The molecule has 3 aliphatic rings. The van der Waals surface area contributed by atoms with Crippen molar-refractivity contribution >= 4 is 34.0 Å². The molecule has 2 fully saturated rings. The zero-order chi connectivity index (χ0) is 26.6. The topological polar surface area (TPSA) is 80.4 Å². The first kappa shape index (κ1) is 24.3. The van der Waals surface area contributed by atoms with Crippen LogP contribution < -0.4 is 10.2 Å². The van der Waals surface area contributed by atoms with Gasteiger partial charge in [0, 0.05) is 78.7 Å². The van der Waals surface area contributed by atoms with E-state index in [1.807, 2.05) is 30.7 Å². The lowest BCUT2D eigenvalue weighted by molar-refractivity contribution is 0.0945. The van der Waals surface area contributed by atoms with Gasteiger partial charge in [-0.15, -0.1) is 0 Å². The fourth-order valence-corrected chi connectivity index (χ4v) is 6.57. The number of aromatic amines is 1. The lowest BCUT2D eigenvalue weighted by Gasteiger charge is -2.38. The molecular weight excluding hydrogens is 486 g/mol. The Kier molecular flexibility index (Phi) is 5.90. The van der Waals surface area contributed by atoms with Crippen LogP contribution in [0.25, 0.3) is 22.2 Å². The molecule has 8 nitrogen and oxygen atoms in total. The smallest absolute Gasteiger partial charge is 0.164 e. The first-order valence-corrected chi connectivity index (χ1v) is 14.0. The number of H-pyrrole nitrogens is 1. The highest BCUT2D eigenvalue weighted by molar-refractivity contribution is 6.04. The second-order valence-electron chi connectivity index (χ2n) is 11.6. The zero-order valence-electron chi connectivity index (χ0n) is 22.7. The molecule has 3 aromatic heterocycles. The van der Waals surface area contributed by atoms with Crippen molar-refractivity contribution in [2.75, 3.05) is 63.6 Å². The molecule has 0 atom stereocenters. The van der Waals surface area contributed by atoms with Gasteiger partial charge in [-0.05, 0) is 69.4 Å². The number of fused-ring (bicyclic) bond motifs is 3. The van der Waals surface area contributed by atoms with E-state index in [9.17, 15) is 4.79 Å². The number of piperazine rings is 1. The summed E-state index contributed by atoms with van der Waals surface area (Å²) >= 11 is 0. The third kappa shape index (κ3) is 4.37. The van der Waals surface area contributed by atoms with Gasteiger partial charge in [-0.2, -0.15) is 0 Å². The highest BCUT2D eigenvalue weighted by Gasteiger charge is 2.44. The van der Waals surface area contributed by atoms with Crippen LogP contribution in [0.4, 0.5) is 17.2 Å². The standard InChI is InChI=1S/C31H35N7O/c1-36-9-6-31(7-10-36)18-28(39)24-4-3-21(15-27(24)31)26-20-34-30-25(26)16-23(19-33-30)35-22-5-8-32-29(17-22)38-13-11-37(2)12-14-38/h3-5,8,15-17,19-20H,6-7,9-14,18H2,1-2H3,(H,32,35)(H,33,34). The average Bonchev–Trinajstić information content (AvgIpc) is 3.49. The minimum absolute atomic E-state index is 0.0190. The molecule has 1 aromatic carbocycles. The van der Waals surface area contributed by atoms with E-state index in [-0.39, 0.29) is 5.41 Å². The Morgan fingerprint density at radius 1 is 0.872 bits per heavy atom. The van der Waals surface area contributed by atoms with Gasteiger partial charge in [0.15, 0.2) is 5.78 Å². The molecule has 2 aliphatic heterocycles. The molecule has 1 aliphatic carbocycles. The predicted molar refractivity (Wildman–Crippen MR) is 156 cm³/mol. The van der Waals surface area contributed by atoms with Crippen molar-refractivity contribution in [1.82, 2.24) is 24.8 Å². The Labute approximate surface area is 229 Å². The van der Waals surface area contributed by atoms with Crippen LogP contribution in [0.3, 0.4) is 0 Å². The number of rotatable bonds is 4. The molecule has 7 rings (SSSR count). The Balaban J connectivity index is 1.19. The number of anilines is 3. The molecule has 1 spiro atoms. The van der Waals surface area contributed by atoms with Crippen molar-refractivity contribution in [3.8, 4) is 11.1 Å². The predicted octanol–water partition coefficient (Wildman–Crippen LogP) is 4.67. The maximum atomic E-state index is 12.9. The largest absolute Gasteiger partial charge is 0.354 e. The van der Waals surface area contributed by atoms with Crippen LogP contribution in [-0.2, 0) is 5.41 Å². The number of carbonyl (C=O) groups is 1. The fraction of sp³-hybridized carbons (Fsp3) is 0.387. The molecule has 0 radical (unpaired) electrons. The second kappa shape index (κ2) is 9.47. The van der Waals surface area contributed by atoms with Gasteiger partial charge in [0.2, 0.25) is 0 Å². The number of nitrogens with one attached hydrogen (secondary N) is 2. The molecule has 0 unspecified atom stereocenters. The molecule has 4 aromatic rings. The van der Waals surface area contributed by atoms with Crippen LogP contribution in [0.1, 0.15) is 35.2 Å². The van der Waals surface area contributed by atoms with E-state index in [2.05, 4.69) is 68.3 Å². The molecular formula is C31H35N7O. The van der Waals surface area contributed by atoms with Crippen molar-refractivity contribution < 1.29 is 4.79 Å². The molecule has 200 valence electrons. The first-order chi connectivity index (χ1) is 19.0. The fourth-order valence-electron chi connectivity index (χ4n) is 6.57. The number of hydrogen-bond acceptors (Lipinski definition) is 7. The summed E-state index contributed by atoms with van der Waals surface area (Å²) in [6, 6.07) is 12.7. The van der Waals surface area contributed by atoms with Crippen LogP contribution in [0.5, 0.6) is 0 Å². The van der Waals surface area contributed by atoms with Crippen LogP contribution in [0.15, 0.2) is 55.0 Å². The molecule has 0 bridgehead atoms. The lowest BCUT2D eigenvalue weighted by Crippen LogP contribution is -2.44. The number of Topliss-reactive ketones (excluding diaryl/α,β-unsaturated/α-hetero) is 1. The van der Waals surface area contributed by atoms with Gasteiger partial charge in [-0.1, -0.05) is 12.1 Å². The van der Waals surface area contributed by atoms with E-state index in [0.717, 1.165) is 97.0 Å². The quantitative estimate of drug-likeness (QED) is 0.404. The zero-order valence-corrected chi connectivity index (χ0v) is 22.7. The van der Waals surface area contributed by atoms with E-state index in [1.54, 1.807) is 0 Å². The van der Waals surface area contributed by atoms with E-state index >= 15 is 0 Å². The van der Waals surface area contributed by atoms with Gasteiger partial charge in [0.25, 0.3) is 0 Å². The second-order valence-corrected chi connectivity index (χ2v) is 11.6. The van der Waals surface area contributed by atoms with Crippen molar-refractivity contribution in [2.24, 2.45) is 0 Å². The van der Waals surface area contributed by atoms with Gasteiger partial charge in [-0.3, -0.25) is 4.79 Å². The monoisotopic (exact) mass is 521 g/mol. The molecule has 5 heterocycles. The van der Waals surface area contributed by atoms with Gasteiger partial charge >= 0.3 is 0 Å². The van der Waals surface area contributed by atoms with Crippen LogP contribution >= 0.6 is 0 Å². The van der Waals surface area contributed by atoms with E-state index in [1.165, 1.54) is 5.56 Å². The van der Waals surface area contributed by atoms with Crippen molar-refractivity contribution in [1.29, 1.82) is 0 Å². The summed E-state index contributed by atoms with van der Waals surface area (Å²) in [4.78, 5) is 32.7. The number of piperidine rings is 1. The summed E-state index contributed by atoms with van der Waals surface area (Å²) in [5.74, 6) is 1.29. The number of benzene rings is 1. The van der Waals surface area contributed by atoms with Gasteiger partial charge in [0.05, 0.1) is 11.9 Å². The summed E-state index contributed by atoms with van der Waals surface area (Å²) in [5, 5.41) is 4.61. The Morgan fingerprint density at radius 3 is 2.49 bits per heavy atom. The summed E-state index contributed by atoms with van der Waals surface area (Å²) in [7, 11) is 4.33. The number of carbonyl (C=O) groups excluding carboxylic acids is 1. The molecule has 2 N–H and O–H groups in total. The highest BCUT2D eigenvalue weighted by atomic mass is 16.1. The summed E-state index contributed by atoms with van der Waals surface area (Å²) in [6.07, 6.45) is 8.50. The maximum Gasteiger partial charge on any atom is 0.164 e. The normalized spacial score (nSPS) is 19.6. The number of aromatic nitrogens is 3. The third-order valence-electron chi connectivity index (χ3n) is 9.04. The Hall–Kier alpha value is -3.75. The summed E-state index contributed by atoms with van der Waals surface area (Å²) in [5.41, 5.74) is 7.16. The number of likely N-dealkylation sites (N-methyl/N-ethyl adjacent to an activating group) is 1. The van der Waals surface area contributed by atoms with Crippen LogP contribution in [-0.4, -0.2) is 83.9 Å². The number of likely N-dealkylation sites (tertiary alicyclic amines) is 1. The van der Waals surface area contributed by atoms with Gasteiger partial charge in [0.1, 0.15) is 11.5 Å². The van der Waals surface area contributed by atoms with Crippen LogP contribution in [0.2, 0.25) is 0 Å². The van der Waals surface area contributed by atoms with Crippen molar-refractivity contribution in [3.63, 3.8) is 0 Å². The molecule has 8 heteroatoms. The molecule has 0 amide bonds. The first-order valence-electron chi connectivity index (χ1n) is 14.0. The third-order valence-corrected chi connectivity index (χ3v) is 9.04. The SMILES string of the molecule is CN1CCN(c2cc(Nc3cnc4[nH]cc(-c5ccc6c(c5)C5(CCN(C)CC5)CC6=O)c4c3)ccn2)CC1. The average molecular weight is 522 g/mol. The van der Waals surface area contributed by atoms with Crippen molar-refractivity contribution in [2.45, 2.75) is 24.7 Å². The minimum atomic E-state index is -0.0190. The van der Waals surface area contributed by atoms with Crippen LogP contribution in [0, 0.1) is 0 Å². The van der Waals surface area contributed by atoms with Gasteiger partial charge < -0.3 is 25.0 Å².